The maximum absolute atomic E-state index is 13.8. The van der Waals surface area contributed by atoms with E-state index >= 15 is 0 Å². The number of aliphatic hydroxyl groups is 3. The summed E-state index contributed by atoms with van der Waals surface area (Å²) in [6.07, 6.45) is -3.27. The van der Waals surface area contributed by atoms with E-state index in [1.165, 1.54) is 12.5 Å². The number of ether oxygens (including phenoxy) is 1. The SMILES string of the molecule is OC[C@H]1O[C@@H](n2c(F)nc3cncnc32)[C@H](O)[C@@H]1O. The molecule has 8 nitrogen and oxygen atoms in total. The lowest BCUT2D eigenvalue weighted by Crippen LogP contribution is -2.33. The lowest BCUT2D eigenvalue weighted by molar-refractivity contribution is -0.0558. The number of rotatable bonds is 2. The lowest BCUT2D eigenvalue weighted by atomic mass is 10.1. The average molecular weight is 270 g/mol. The summed E-state index contributed by atoms with van der Waals surface area (Å²) in [5, 5.41) is 28.5. The monoisotopic (exact) mass is 270 g/mol. The number of hydrogen-bond donors (Lipinski definition) is 3. The summed E-state index contributed by atoms with van der Waals surface area (Å²) in [4.78, 5) is 11.2. The molecule has 0 saturated carbocycles. The summed E-state index contributed by atoms with van der Waals surface area (Å²) in [7, 11) is 0. The van der Waals surface area contributed by atoms with Gasteiger partial charge in [0, 0.05) is 0 Å². The van der Waals surface area contributed by atoms with E-state index in [2.05, 4.69) is 15.0 Å². The van der Waals surface area contributed by atoms with Crippen molar-refractivity contribution in [2.75, 3.05) is 6.61 Å². The molecule has 0 amide bonds. The Balaban J connectivity index is 2.07. The summed E-state index contributed by atoms with van der Waals surface area (Å²) >= 11 is 0. The molecular formula is C10H11FN4O4. The smallest absolute Gasteiger partial charge is 0.293 e. The minimum atomic E-state index is -1.39. The van der Waals surface area contributed by atoms with Crippen LogP contribution in [0.25, 0.3) is 11.2 Å². The zero-order chi connectivity index (χ0) is 13.6. The largest absolute Gasteiger partial charge is 0.394 e. The molecule has 1 aliphatic heterocycles. The topological polar surface area (TPSA) is 114 Å². The fourth-order valence-electron chi connectivity index (χ4n) is 2.14. The highest BCUT2D eigenvalue weighted by atomic mass is 19.1. The Bertz CT molecular complexity index is 606. The molecule has 2 aromatic rings. The lowest BCUT2D eigenvalue weighted by Gasteiger charge is -2.16. The molecule has 1 aliphatic rings. The van der Waals surface area contributed by atoms with Gasteiger partial charge in [0.25, 0.3) is 6.08 Å². The standard InChI is InChI=1S/C10H11FN4O4/c11-10-14-4-1-12-3-13-8(4)15(10)9-7(18)6(17)5(2-16)19-9/h1,3,5-7,9,16-18H,2H2/t5-,6-,7-,9-/m1/s1. The van der Waals surface area contributed by atoms with Crippen LogP contribution in [0, 0.1) is 6.08 Å². The van der Waals surface area contributed by atoms with Gasteiger partial charge < -0.3 is 20.1 Å². The van der Waals surface area contributed by atoms with Crippen molar-refractivity contribution in [3.05, 3.63) is 18.6 Å². The van der Waals surface area contributed by atoms with Gasteiger partial charge in [-0.2, -0.15) is 9.37 Å². The van der Waals surface area contributed by atoms with Gasteiger partial charge in [0.1, 0.15) is 30.2 Å². The Hall–Kier alpha value is -1.68. The van der Waals surface area contributed by atoms with Crippen LogP contribution in [0.3, 0.4) is 0 Å². The molecule has 0 aromatic carbocycles. The number of aliphatic hydroxyl groups excluding tert-OH is 3. The molecule has 102 valence electrons. The van der Waals surface area contributed by atoms with E-state index in [4.69, 9.17) is 9.84 Å². The van der Waals surface area contributed by atoms with Crippen LogP contribution in [-0.4, -0.2) is 59.8 Å². The van der Waals surface area contributed by atoms with Gasteiger partial charge in [0.2, 0.25) is 0 Å². The number of nitrogens with zero attached hydrogens (tertiary/aromatic N) is 4. The zero-order valence-electron chi connectivity index (χ0n) is 9.59. The Kier molecular flexibility index (Phi) is 2.90. The third kappa shape index (κ3) is 1.78. The van der Waals surface area contributed by atoms with Gasteiger partial charge in [0.05, 0.1) is 12.8 Å². The summed E-state index contributed by atoms with van der Waals surface area (Å²) < 4.78 is 20.0. The van der Waals surface area contributed by atoms with E-state index in [9.17, 15) is 14.6 Å². The van der Waals surface area contributed by atoms with E-state index in [0.29, 0.717) is 0 Å². The zero-order valence-corrected chi connectivity index (χ0v) is 9.59. The van der Waals surface area contributed by atoms with Crippen LogP contribution in [0.2, 0.25) is 0 Å². The van der Waals surface area contributed by atoms with E-state index < -0.39 is 37.2 Å². The first-order valence-electron chi connectivity index (χ1n) is 5.59. The van der Waals surface area contributed by atoms with Crippen LogP contribution in [0.15, 0.2) is 12.5 Å². The number of imidazole rings is 1. The molecule has 0 unspecified atom stereocenters. The summed E-state index contributed by atoms with van der Waals surface area (Å²) in [6.45, 7) is -0.488. The van der Waals surface area contributed by atoms with Gasteiger partial charge >= 0.3 is 0 Å². The highest BCUT2D eigenvalue weighted by Gasteiger charge is 2.45. The average Bonchev–Trinajstić information content (AvgIpc) is 2.88. The fraction of sp³-hybridized carbons (Fsp3) is 0.500. The molecule has 0 aliphatic carbocycles. The van der Waals surface area contributed by atoms with Gasteiger partial charge in [-0.3, -0.25) is 4.57 Å². The summed E-state index contributed by atoms with van der Waals surface area (Å²) in [5.41, 5.74) is 0.347. The van der Waals surface area contributed by atoms with Crippen molar-refractivity contribution in [1.82, 2.24) is 19.5 Å². The van der Waals surface area contributed by atoms with Crippen molar-refractivity contribution in [3.8, 4) is 0 Å². The number of fused-ring (bicyclic) bond motifs is 1. The first-order valence-corrected chi connectivity index (χ1v) is 5.59. The molecular weight excluding hydrogens is 259 g/mol. The molecule has 4 atom stereocenters. The molecule has 0 radical (unpaired) electrons. The predicted octanol–water partition coefficient (Wildman–Crippen LogP) is -1.42. The van der Waals surface area contributed by atoms with E-state index in [-0.39, 0.29) is 11.2 Å². The molecule has 2 aromatic heterocycles. The van der Waals surface area contributed by atoms with Crippen LogP contribution >= 0.6 is 0 Å². The van der Waals surface area contributed by atoms with Crippen molar-refractivity contribution in [2.24, 2.45) is 0 Å². The summed E-state index contributed by atoms with van der Waals surface area (Å²) in [6, 6.07) is 0. The molecule has 3 heterocycles. The third-order valence-corrected chi connectivity index (χ3v) is 3.08. The van der Waals surface area contributed by atoms with Crippen molar-refractivity contribution in [1.29, 1.82) is 0 Å². The van der Waals surface area contributed by atoms with Gasteiger partial charge in [-0.25, -0.2) is 9.97 Å². The quantitative estimate of drug-likeness (QED) is 0.574. The molecule has 3 N–H and O–H groups in total. The van der Waals surface area contributed by atoms with Gasteiger partial charge in [0.15, 0.2) is 11.9 Å². The molecule has 3 rings (SSSR count). The van der Waals surface area contributed by atoms with Crippen molar-refractivity contribution in [2.45, 2.75) is 24.5 Å². The van der Waals surface area contributed by atoms with Gasteiger partial charge in [-0.05, 0) is 0 Å². The number of halogens is 1. The van der Waals surface area contributed by atoms with Crippen molar-refractivity contribution < 1.29 is 24.4 Å². The Morgan fingerprint density at radius 1 is 1.37 bits per heavy atom. The van der Waals surface area contributed by atoms with E-state index in [1.54, 1.807) is 0 Å². The Morgan fingerprint density at radius 2 is 2.16 bits per heavy atom. The molecule has 19 heavy (non-hydrogen) atoms. The number of hydrogen-bond acceptors (Lipinski definition) is 7. The highest BCUT2D eigenvalue weighted by Crippen LogP contribution is 2.31. The van der Waals surface area contributed by atoms with Crippen molar-refractivity contribution >= 4 is 11.2 Å². The molecule has 0 bridgehead atoms. The second kappa shape index (κ2) is 4.46. The molecule has 1 fully saturated rings. The van der Waals surface area contributed by atoms with Crippen LogP contribution < -0.4 is 0 Å². The second-order valence-corrected chi connectivity index (χ2v) is 4.21. The predicted molar refractivity (Wildman–Crippen MR) is 58.3 cm³/mol. The van der Waals surface area contributed by atoms with Gasteiger partial charge in [-0.15, -0.1) is 0 Å². The number of aromatic nitrogens is 4. The van der Waals surface area contributed by atoms with Gasteiger partial charge in [-0.1, -0.05) is 0 Å². The van der Waals surface area contributed by atoms with E-state index in [0.717, 1.165) is 4.57 Å². The first kappa shape index (κ1) is 12.4. The third-order valence-electron chi connectivity index (χ3n) is 3.08. The molecule has 1 saturated heterocycles. The van der Waals surface area contributed by atoms with Crippen LogP contribution in [0.5, 0.6) is 0 Å². The van der Waals surface area contributed by atoms with Crippen molar-refractivity contribution in [3.63, 3.8) is 0 Å². The van der Waals surface area contributed by atoms with Crippen LogP contribution in [0.4, 0.5) is 4.39 Å². The normalized spacial score (nSPS) is 31.2. The maximum Gasteiger partial charge on any atom is 0.293 e. The molecule has 9 heteroatoms. The molecule has 0 spiro atoms. The van der Waals surface area contributed by atoms with E-state index in [1.807, 2.05) is 0 Å². The second-order valence-electron chi connectivity index (χ2n) is 4.21. The first-order chi connectivity index (χ1) is 9.13. The minimum Gasteiger partial charge on any atom is -0.394 e. The van der Waals surface area contributed by atoms with Crippen LogP contribution in [0.1, 0.15) is 6.23 Å². The summed E-state index contributed by atoms with van der Waals surface area (Å²) in [5.74, 6) is 0. The Labute approximate surface area is 106 Å². The fourth-order valence-corrected chi connectivity index (χ4v) is 2.14. The van der Waals surface area contributed by atoms with Crippen LogP contribution in [-0.2, 0) is 4.74 Å². The Morgan fingerprint density at radius 3 is 2.84 bits per heavy atom. The maximum atomic E-state index is 13.8. The minimum absolute atomic E-state index is 0.141. The highest BCUT2D eigenvalue weighted by molar-refractivity contribution is 5.69.